The maximum absolute atomic E-state index is 12.4. The number of hydrogen-bond acceptors (Lipinski definition) is 3. The maximum atomic E-state index is 12.4. The maximum Gasteiger partial charge on any atom is 0.239 e. The SMILES string of the molecule is COCCN(C(=O)Cc1c(Cl)cccc1Cl)C(C)C(N)=O. The van der Waals surface area contributed by atoms with E-state index in [1.807, 2.05) is 0 Å². The fourth-order valence-electron chi connectivity index (χ4n) is 1.83. The third-order valence-electron chi connectivity index (χ3n) is 3.13. The van der Waals surface area contributed by atoms with Crippen LogP contribution >= 0.6 is 23.2 Å². The van der Waals surface area contributed by atoms with Gasteiger partial charge in [-0.05, 0) is 24.6 Å². The Hall–Kier alpha value is -1.30. The summed E-state index contributed by atoms with van der Waals surface area (Å²) in [6.07, 6.45) is -0.000158. The molecule has 0 heterocycles. The van der Waals surface area contributed by atoms with Gasteiger partial charge >= 0.3 is 0 Å². The zero-order chi connectivity index (χ0) is 16.0. The van der Waals surface area contributed by atoms with E-state index in [1.165, 1.54) is 12.0 Å². The van der Waals surface area contributed by atoms with Crippen LogP contribution in [-0.2, 0) is 20.7 Å². The molecule has 2 amide bonds. The molecule has 0 radical (unpaired) electrons. The number of nitrogens with zero attached hydrogens (tertiary/aromatic N) is 1. The molecular formula is C14H18Cl2N2O3. The largest absolute Gasteiger partial charge is 0.383 e. The summed E-state index contributed by atoms with van der Waals surface area (Å²) in [7, 11) is 1.52. The Morgan fingerprint density at radius 3 is 2.38 bits per heavy atom. The molecule has 21 heavy (non-hydrogen) atoms. The van der Waals surface area contributed by atoms with Gasteiger partial charge in [-0.15, -0.1) is 0 Å². The zero-order valence-corrected chi connectivity index (χ0v) is 13.4. The summed E-state index contributed by atoms with van der Waals surface area (Å²) in [5, 5.41) is 0.823. The number of amides is 2. The lowest BCUT2D eigenvalue weighted by molar-refractivity contribution is -0.138. The van der Waals surface area contributed by atoms with E-state index in [2.05, 4.69) is 0 Å². The van der Waals surface area contributed by atoms with Gasteiger partial charge in [-0.25, -0.2) is 0 Å². The molecule has 0 aliphatic heterocycles. The molecule has 1 rings (SSSR count). The van der Waals surface area contributed by atoms with Crippen LogP contribution in [0.5, 0.6) is 0 Å². The highest BCUT2D eigenvalue weighted by molar-refractivity contribution is 6.36. The first-order valence-corrected chi connectivity index (χ1v) is 7.14. The van der Waals surface area contributed by atoms with Crippen LogP contribution in [0, 0.1) is 0 Å². The first-order valence-electron chi connectivity index (χ1n) is 6.39. The number of carbonyl (C=O) groups is 2. The highest BCUT2D eigenvalue weighted by Gasteiger charge is 2.25. The van der Waals surface area contributed by atoms with Crippen LogP contribution in [0.1, 0.15) is 12.5 Å². The van der Waals surface area contributed by atoms with Crippen molar-refractivity contribution in [1.82, 2.24) is 4.90 Å². The molecule has 0 saturated carbocycles. The molecule has 0 aromatic heterocycles. The lowest BCUT2D eigenvalue weighted by atomic mass is 10.1. The summed E-state index contributed by atoms with van der Waals surface area (Å²) in [4.78, 5) is 25.1. The molecule has 0 bridgehead atoms. The van der Waals surface area contributed by atoms with E-state index >= 15 is 0 Å². The molecule has 1 aromatic carbocycles. The van der Waals surface area contributed by atoms with Crippen molar-refractivity contribution in [3.8, 4) is 0 Å². The number of primary amides is 1. The first-order chi connectivity index (χ1) is 9.88. The van der Waals surface area contributed by atoms with Crippen LogP contribution in [0.15, 0.2) is 18.2 Å². The third kappa shape index (κ3) is 4.88. The van der Waals surface area contributed by atoms with Gasteiger partial charge in [-0.3, -0.25) is 9.59 Å². The summed E-state index contributed by atoms with van der Waals surface area (Å²) >= 11 is 12.1. The summed E-state index contributed by atoms with van der Waals surface area (Å²) in [6.45, 7) is 2.14. The third-order valence-corrected chi connectivity index (χ3v) is 3.83. The van der Waals surface area contributed by atoms with Gasteiger partial charge in [0.1, 0.15) is 6.04 Å². The van der Waals surface area contributed by atoms with E-state index in [1.54, 1.807) is 25.1 Å². The molecule has 5 nitrogen and oxygen atoms in total. The number of rotatable bonds is 7. The number of hydrogen-bond donors (Lipinski definition) is 1. The molecule has 0 saturated heterocycles. The molecule has 0 aliphatic carbocycles. The molecular weight excluding hydrogens is 315 g/mol. The van der Waals surface area contributed by atoms with Crippen molar-refractivity contribution in [2.45, 2.75) is 19.4 Å². The summed E-state index contributed by atoms with van der Waals surface area (Å²) in [5.41, 5.74) is 5.81. The normalized spacial score (nSPS) is 12.0. The molecule has 0 spiro atoms. The summed E-state index contributed by atoms with van der Waals surface area (Å²) in [6, 6.07) is 4.29. The van der Waals surface area contributed by atoms with Crippen molar-refractivity contribution in [1.29, 1.82) is 0 Å². The number of nitrogens with two attached hydrogens (primary N) is 1. The molecule has 7 heteroatoms. The van der Waals surface area contributed by atoms with Crippen molar-refractivity contribution in [3.05, 3.63) is 33.8 Å². The standard InChI is InChI=1S/C14H18Cl2N2O3/c1-9(14(17)20)18(6-7-21-2)13(19)8-10-11(15)4-3-5-12(10)16/h3-5,9H,6-8H2,1-2H3,(H2,17,20). The minimum Gasteiger partial charge on any atom is -0.383 e. The van der Waals surface area contributed by atoms with Gasteiger partial charge in [-0.1, -0.05) is 29.3 Å². The summed E-state index contributed by atoms with van der Waals surface area (Å²) in [5.74, 6) is -0.863. The van der Waals surface area contributed by atoms with E-state index in [-0.39, 0.29) is 18.9 Å². The Balaban J connectivity index is 2.92. The van der Waals surface area contributed by atoms with Crippen molar-refractivity contribution in [3.63, 3.8) is 0 Å². The van der Waals surface area contributed by atoms with Gasteiger partial charge in [0.2, 0.25) is 11.8 Å². The van der Waals surface area contributed by atoms with Crippen molar-refractivity contribution in [2.24, 2.45) is 5.73 Å². The zero-order valence-electron chi connectivity index (χ0n) is 11.9. The van der Waals surface area contributed by atoms with Crippen LogP contribution < -0.4 is 5.73 Å². The number of benzene rings is 1. The van der Waals surface area contributed by atoms with Gasteiger partial charge in [0, 0.05) is 23.7 Å². The fourth-order valence-corrected chi connectivity index (χ4v) is 2.36. The van der Waals surface area contributed by atoms with E-state index in [0.717, 1.165) is 0 Å². The number of ether oxygens (including phenoxy) is 1. The lowest BCUT2D eigenvalue weighted by Crippen LogP contribution is -2.48. The second kappa shape index (κ2) is 8.22. The van der Waals surface area contributed by atoms with Crippen LogP contribution in [0.25, 0.3) is 0 Å². The van der Waals surface area contributed by atoms with Gasteiger partial charge in [-0.2, -0.15) is 0 Å². The molecule has 0 aliphatic rings. The number of methoxy groups -OCH3 is 1. The predicted octanol–water partition coefficient (Wildman–Crippen LogP) is 1.88. The molecule has 0 fully saturated rings. The molecule has 1 aromatic rings. The minimum absolute atomic E-state index is 0.000158. The Labute approximate surface area is 133 Å². The molecule has 2 N–H and O–H groups in total. The van der Waals surface area contributed by atoms with Crippen molar-refractivity contribution < 1.29 is 14.3 Å². The van der Waals surface area contributed by atoms with Crippen molar-refractivity contribution >= 4 is 35.0 Å². The average molecular weight is 333 g/mol. The van der Waals surface area contributed by atoms with Gasteiger partial charge in [0.25, 0.3) is 0 Å². The Morgan fingerprint density at radius 2 is 1.90 bits per heavy atom. The van der Waals surface area contributed by atoms with Crippen LogP contribution in [-0.4, -0.2) is 43.0 Å². The second-order valence-electron chi connectivity index (χ2n) is 4.54. The quantitative estimate of drug-likeness (QED) is 0.828. The van der Waals surface area contributed by atoms with E-state index in [9.17, 15) is 9.59 Å². The average Bonchev–Trinajstić information content (AvgIpc) is 2.43. The first kappa shape index (κ1) is 17.8. The Bertz CT molecular complexity index is 503. The predicted molar refractivity (Wildman–Crippen MR) is 82.4 cm³/mol. The van der Waals surface area contributed by atoms with Gasteiger partial charge in [0.15, 0.2) is 0 Å². The fraction of sp³-hybridized carbons (Fsp3) is 0.429. The van der Waals surface area contributed by atoms with E-state index < -0.39 is 11.9 Å². The Kier molecular flexibility index (Phi) is 6.95. The Morgan fingerprint density at radius 1 is 1.33 bits per heavy atom. The van der Waals surface area contributed by atoms with Crippen LogP contribution in [0.2, 0.25) is 10.0 Å². The van der Waals surface area contributed by atoms with Crippen LogP contribution in [0.4, 0.5) is 0 Å². The highest BCUT2D eigenvalue weighted by Crippen LogP contribution is 2.25. The van der Waals surface area contributed by atoms with E-state index in [4.69, 9.17) is 33.7 Å². The second-order valence-corrected chi connectivity index (χ2v) is 5.35. The molecule has 1 unspecified atom stereocenters. The van der Waals surface area contributed by atoms with Gasteiger partial charge in [0.05, 0.1) is 13.0 Å². The molecule has 116 valence electrons. The topological polar surface area (TPSA) is 72.6 Å². The van der Waals surface area contributed by atoms with Crippen molar-refractivity contribution in [2.75, 3.05) is 20.3 Å². The molecule has 1 atom stereocenters. The summed E-state index contributed by atoms with van der Waals surface area (Å²) < 4.78 is 4.95. The van der Waals surface area contributed by atoms with E-state index in [0.29, 0.717) is 22.2 Å². The lowest BCUT2D eigenvalue weighted by Gasteiger charge is -2.27. The monoisotopic (exact) mass is 332 g/mol. The number of carbonyl (C=O) groups excluding carboxylic acids is 2. The van der Waals surface area contributed by atoms with Crippen LogP contribution in [0.3, 0.4) is 0 Å². The van der Waals surface area contributed by atoms with Gasteiger partial charge < -0.3 is 15.4 Å². The minimum atomic E-state index is -0.728. The highest BCUT2D eigenvalue weighted by atomic mass is 35.5. The smallest absolute Gasteiger partial charge is 0.239 e. The number of halogens is 2.